The number of ether oxygens (including phenoxy) is 2. The van der Waals surface area contributed by atoms with Crippen molar-refractivity contribution in [3.63, 3.8) is 0 Å². The summed E-state index contributed by atoms with van der Waals surface area (Å²) in [5.74, 6) is 0.885. The molecule has 1 aromatic heterocycles. The maximum Gasteiger partial charge on any atom is 0.245 e. The van der Waals surface area contributed by atoms with E-state index in [1.165, 1.54) is 6.42 Å². The molecule has 2 amide bonds. The van der Waals surface area contributed by atoms with Gasteiger partial charge in [0.05, 0.1) is 26.0 Å². The van der Waals surface area contributed by atoms with Crippen LogP contribution in [0, 0.1) is 5.92 Å². The lowest BCUT2D eigenvalue weighted by molar-refractivity contribution is -0.148. The van der Waals surface area contributed by atoms with Crippen molar-refractivity contribution in [1.29, 1.82) is 0 Å². The fourth-order valence-electron chi connectivity index (χ4n) is 4.55. The minimum absolute atomic E-state index is 0.0322. The Morgan fingerprint density at radius 1 is 1.11 bits per heavy atom. The molecule has 1 aromatic rings. The highest BCUT2D eigenvalue weighted by Gasteiger charge is 2.44. The first-order chi connectivity index (χ1) is 13.7. The number of carbonyl (C=O) groups is 2. The molecule has 2 atom stereocenters. The Morgan fingerprint density at radius 3 is 2.61 bits per heavy atom. The molecule has 0 bridgehead atoms. The number of morpholine rings is 1. The van der Waals surface area contributed by atoms with Crippen molar-refractivity contribution in [2.75, 3.05) is 32.8 Å². The molecule has 2 aliphatic heterocycles. The molecule has 3 heterocycles. The van der Waals surface area contributed by atoms with Gasteiger partial charge in [0.15, 0.2) is 0 Å². The van der Waals surface area contributed by atoms with Crippen LogP contribution in [-0.2, 0) is 14.3 Å². The van der Waals surface area contributed by atoms with Crippen LogP contribution in [0.4, 0.5) is 0 Å². The highest BCUT2D eigenvalue weighted by Crippen LogP contribution is 2.31. The first-order valence-corrected chi connectivity index (χ1v) is 10.5. The maximum atomic E-state index is 13.3. The second-order valence-electron chi connectivity index (χ2n) is 7.94. The van der Waals surface area contributed by atoms with Gasteiger partial charge in [-0.15, -0.1) is 0 Å². The van der Waals surface area contributed by atoms with Crippen molar-refractivity contribution < 1.29 is 19.1 Å². The van der Waals surface area contributed by atoms with E-state index in [1.54, 1.807) is 17.3 Å². The lowest BCUT2D eigenvalue weighted by atomic mass is 9.88. The summed E-state index contributed by atoms with van der Waals surface area (Å²) in [6.45, 7) is 2.77. The van der Waals surface area contributed by atoms with Gasteiger partial charge in [0, 0.05) is 31.6 Å². The molecule has 0 N–H and O–H groups in total. The van der Waals surface area contributed by atoms with Gasteiger partial charge in [-0.25, -0.2) is 0 Å². The lowest BCUT2D eigenvalue weighted by Crippen LogP contribution is -2.52. The van der Waals surface area contributed by atoms with Crippen molar-refractivity contribution >= 4 is 11.8 Å². The van der Waals surface area contributed by atoms with Crippen molar-refractivity contribution in [3.8, 4) is 5.75 Å². The van der Waals surface area contributed by atoms with Crippen LogP contribution in [0.2, 0.25) is 0 Å². The van der Waals surface area contributed by atoms with Crippen molar-refractivity contribution in [3.05, 3.63) is 24.5 Å². The fraction of sp³-hybridized carbons (Fsp3) is 0.667. The molecule has 0 aromatic carbocycles. The summed E-state index contributed by atoms with van der Waals surface area (Å²) in [6.07, 6.45) is 8.98. The Morgan fingerprint density at radius 2 is 1.89 bits per heavy atom. The van der Waals surface area contributed by atoms with Gasteiger partial charge in [0.25, 0.3) is 0 Å². The Labute approximate surface area is 166 Å². The molecule has 1 saturated carbocycles. The molecule has 152 valence electrons. The molecular weight excluding hydrogens is 358 g/mol. The number of nitrogens with zero attached hydrogens (tertiary/aromatic N) is 3. The van der Waals surface area contributed by atoms with Crippen LogP contribution < -0.4 is 4.74 Å². The Balaban J connectivity index is 1.49. The van der Waals surface area contributed by atoms with Crippen LogP contribution in [0.25, 0.3) is 0 Å². The van der Waals surface area contributed by atoms with E-state index in [2.05, 4.69) is 4.98 Å². The van der Waals surface area contributed by atoms with E-state index in [4.69, 9.17) is 9.47 Å². The van der Waals surface area contributed by atoms with E-state index >= 15 is 0 Å². The van der Waals surface area contributed by atoms with Gasteiger partial charge >= 0.3 is 0 Å². The predicted molar refractivity (Wildman–Crippen MR) is 103 cm³/mol. The predicted octanol–water partition coefficient (Wildman–Crippen LogP) is 1.87. The van der Waals surface area contributed by atoms with Gasteiger partial charge < -0.3 is 19.3 Å². The molecule has 28 heavy (non-hydrogen) atoms. The van der Waals surface area contributed by atoms with Crippen LogP contribution in [-0.4, -0.2) is 71.6 Å². The average Bonchev–Trinajstić information content (AvgIpc) is 3.18. The number of pyridine rings is 1. The van der Waals surface area contributed by atoms with Crippen LogP contribution >= 0.6 is 0 Å². The van der Waals surface area contributed by atoms with E-state index in [0.717, 1.165) is 25.7 Å². The zero-order valence-corrected chi connectivity index (χ0v) is 16.3. The molecule has 0 unspecified atom stereocenters. The summed E-state index contributed by atoms with van der Waals surface area (Å²) in [4.78, 5) is 34.2. The second-order valence-corrected chi connectivity index (χ2v) is 7.94. The van der Waals surface area contributed by atoms with E-state index in [0.29, 0.717) is 45.0 Å². The van der Waals surface area contributed by atoms with Crippen molar-refractivity contribution in [2.24, 2.45) is 5.92 Å². The van der Waals surface area contributed by atoms with Crippen LogP contribution in [0.3, 0.4) is 0 Å². The van der Waals surface area contributed by atoms with Gasteiger partial charge in [-0.05, 0) is 25.0 Å². The molecule has 7 nitrogen and oxygen atoms in total. The van der Waals surface area contributed by atoms with Gasteiger partial charge in [-0.2, -0.15) is 0 Å². The molecule has 3 aliphatic rings. The summed E-state index contributed by atoms with van der Waals surface area (Å²) >= 11 is 0. The normalized spacial score (nSPS) is 26.3. The average molecular weight is 387 g/mol. The molecule has 0 spiro atoms. The highest BCUT2D eigenvalue weighted by atomic mass is 16.5. The quantitative estimate of drug-likeness (QED) is 0.789. The van der Waals surface area contributed by atoms with E-state index in [-0.39, 0.29) is 23.8 Å². The fourth-order valence-corrected chi connectivity index (χ4v) is 4.55. The summed E-state index contributed by atoms with van der Waals surface area (Å²) < 4.78 is 11.4. The minimum atomic E-state index is -0.436. The van der Waals surface area contributed by atoms with Crippen molar-refractivity contribution in [2.45, 2.75) is 50.7 Å². The monoisotopic (exact) mass is 387 g/mol. The second kappa shape index (κ2) is 8.90. The number of hydrogen-bond donors (Lipinski definition) is 0. The smallest absolute Gasteiger partial charge is 0.245 e. The largest absolute Gasteiger partial charge is 0.487 e. The SMILES string of the molecule is O=C([C@@H]1C[C@H](Oc2cccnc2)CN1C(=O)C1CCCCC1)N1CCOCC1. The maximum absolute atomic E-state index is 13.3. The van der Waals surface area contributed by atoms with Crippen molar-refractivity contribution in [1.82, 2.24) is 14.8 Å². The lowest BCUT2D eigenvalue weighted by Gasteiger charge is -2.34. The standard InChI is InChI=1S/C21H29N3O4/c25-20(16-5-2-1-3-6-16)24-15-18(28-17-7-4-8-22-14-17)13-19(24)21(26)23-9-11-27-12-10-23/h4,7-8,14,16,18-19H,1-3,5-6,9-13,15H2/t18-,19-/m0/s1. The molecule has 0 radical (unpaired) electrons. The zero-order valence-electron chi connectivity index (χ0n) is 16.3. The number of rotatable bonds is 4. The van der Waals surface area contributed by atoms with Crippen LogP contribution in [0.5, 0.6) is 5.75 Å². The minimum Gasteiger partial charge on any atom is -0.487 e. The Kier molecular flexibility index (Phi) is 6.10. The van der Waals surface area contributed by atoms with E-state index < -0.39 is 6.04 Å². The van der Waals surface area contributed by atoms with Gasteiger partial charge in [-0.1, -0.05) is 19.3 Å². The number of carbonyl (C=O) groups excluding carboxylic acids is 2. The number of hydrogen-bond acceptors (Lipinski definition) is 5. The first kappa shape index (κ1) is 19.2. The molecule has 2 saturated heterocycles. The van der Waals surface area contributed by atoms with Crippen LogP contribution in [0.1, 0.15) is 38.5 Å². The first-order valence-electron chi connectivity index (χ1n) is 10.5. The van der Waals surface area contributed by atoms with Gasteiger partial charge in [0.2, 0.25) is 11.8 Å². The molecule has 7 heteroatoms. The third kappa shape index (κ3) is 4.29. The summed E-state index contributed by atoms with van der Waals surface area (Å²) in [5.41, 5.74) is 0. The van der Waals surface area contributed by atoms with Crippen LogP contribution in [0.15, 0.2) is 24.5 Å². The summed E-state index contributed by atoms with van der Waals surface area (Å²) in [5, 5.41) is 0. The molecule has 1 aliphatic carbocycles. The van der Waals surface area contributed by atoms with Gasteiger partial charge in [0.1, 0.15) is 17.9 Å². The molecule has 3 fully saturated rings. The van der Waals surface area contributed by atoms with Gasteiger partial charge in [-0.3, -0.25) is 14.6 Å². The highest BCUT2D eigenvalue weighted by molar-refractivity contribution is 5.89. The Hall–Kier alpha value is -2.15. The molecule has 4 rings (SSSR count). The Bertz CT molecular complexity index is 633. The number of aromatic nitrogens is 1. The van der Waals surface area contributed by atoms with E-state index in [9.17, 15) is 9.59 Å². The number of amides is 2. The summed E-state index contributed by atoms with van der Waals surface area (Å²) in [6, 6.07) is 3.25. The summed E-state index contributed by atoms with van der Waals surface area (Å²) in [7, 11) is 0. The van der Waals surface area contributed by atoms with E-state index in [1.807, 2.05) is 17.0 Å². The third-order valence-electron chi connectivity index (χ3n) is 6.05. The number of likely N-dealkylation sites (tertiary alicyclic amines) is 1. The molecular formula is C21H29N3O4. The zero-order chi connectivity index (χ0) is 19.3. The third-order valence-corrected chi connectivity index (χ3v) is 6.05. The topological polar surface area (TPSA) is 72.0 Å².